The zero-order chi connectivity index (χ0) is 13.5. The number of rotatable bonds is 4. The van der Waals surface area contributed by atoms with Crippen LogP contribution in [0.2, 0.25) is 0 Å². The van der Waals surface area contributed by atoms with Crippen molar-refractivity contribution in [3.63, 3.8) is 0 Å². The van der Waals surface area contributed by atoms with E-state index in [2.05, 4.69) is 11.4 Å². The van der Waals surface area contributed by atoms with Gasteiger partial charge in [-0.3, -0.25) is 4.79 Å². The summed E-state index contributed by atoms with van der Waals surface area (Å²) in [4.78, 5) is 11.9. The van der Waals surface area contributed by atoms with E-state index in [1.54, 1.807) is 18.2 Å². The lowest BCUT2D eigenvalue weighted by atomic mass is 9.86. The smallest absolute Gasteiger partial charge is 0.224 e. The molecule has 0 heterocycles. The first-order chi connectivity index (χ1) is 9.28. The highest BCUT2D eigenvalue weighted by Gasteiger charge is 2.14. The molecule has 0 atom stereocenters. The minimum atomic E-state index is 0.0562. The molecule has 2 rings (SSSR count). The Hall–Kier alpha value is -1.82. The predicted molar refractivity (Wildman–Crippen MR) is 75.6 cm³/mol. The summed E-state index contributed by atoms with van der Waals surface area (Å²) >= 11 is 0. The van der Waals surface area contributed by atoms with Crippen LogP contribution in [0.4, 0.5) is 5.69 Å². The van der Waals surface area contributed by atoms with Gasteiger partial charge in [-0.15, -0.1) is 0 Å². The molecule has 1 aliphatic carbocycles. The average molecular weight is 256 g/mol. The van der Waals surface area contributed by atoms with Gasteiger partial charge in [0.15, 0.2) is 0 Å². The average Bonchev–Trinajstić information content (AvgIpc) is 2.46. The molecule has 0 aromatic heterocycles. The fourth-order valence-electron chi connectivity index (χ4n) is 2.70. The molecule has 0 spiro atoms. The number of nitrogens with zero attached hydrogens (tertiary/aromatic N) is 1. The molecule has 0 unspecified atom stereocenters. The molecule has 3 heteroatoms. The minimum absolute atomic E-state index is 0.0562. The van der Waals surface area contributed by atoms with E-state index in [1.165, 1.54) is 32.1 Å². The third-order valence-corrected chi connectivity index (χ3v) is 3.78. The molecule has 1 fully saturated rings. The van der Waals surface area contributed by atoms with Gasteiger partial charge in [0, 0.05) is 12.1 Å². The molecular weight excluding hydrogens is 236 g/mol. The largest absolute Gasteiger partial charge is 0.326 e. The first-order valence-electron chi connectivity index (χ1n) is 7.08. The second-order valence-electron chi connectivity index (χ2n) is 5.28. The third-order valence-electron chi connectivity index (χ3n) is 3.78. The number of anilines is 1. The van der Waals surface area contributed by atoms with Gasteiger partial charge in [0.1, 0.15) is 0 Å². The number of nitrogens with one attached hydrogen (secondary N) is 1. The van der Waals surface area contributed by atoms with Crippen molar-refractivity contribution >= 4 is 11.6 Å². The summed E-state index contributed by atoms with van der Waals surface area (Å²) in [6.07, 6.45) is 8.11. The molecule has 1 saturated carbocycles. The second-order valence-corrected chi connectivity index (χ2v) is 5.28. The number of carbonyl (C=O) groups excluding carboxylic acids is 1. The lowest BCUT2D eigenvalue weighted by Crippen LogP contribution is -2.14. The highest BCUT2D eigenvalue weighted by molar-refractivity contribution is 5.90. The van der Waals surface area contributed by atoms with Crippen molar-refractivity contribution in [1.29, 1.82) is 5.26 Å². The van der Waals surface area contributed by atoms with Gasteiger partial charge in [0.2, 0.25) is 5.91 Å². The van der Waals surface area contributed by atoms with Crippen molar-refractivity contribution in [3.8, 4) is 6.07 Å². The summed E-state index contributed by atoms with van der Waals surface area (Å²) in [5.41, 5.74) is 1.29. The van der Waals surface area contributed by atoms with Crippen molar-refractivity contribution in [1.82, 2.24) is 0 Å². The van der Waals surface area contributed by atoms with E-state index >= 15 is 0 Å². The summed E-state index contributed by atoms with van der Waals surface area (Å²) in [7, 11) is 0. The van der Waals surface area contributed by atoms with Crippen molar-refractivity contribution in [3.05, 3.63) is 29.8 Å². The Balaban J connectivity index is 1.78. The van der Waals surface area contributed by atoms with Crippen LogP contribution in [-0.2, 0) is 4.79 Å². The fraction of sp³-hybridized carbons (Fsp3) is 0.500. The van der Waals surface area contributed by atoms with E-state index in [-0.39, 0.29) is 5.91 Å². The molecule has 1 amide bonds. The first kappa shape index (κ1) is 13.6. The Morgan fingerprint density at radius 1 is 1.32 bits per heavy atom. The molecule has 3 nitrogen and oxygen atoms in total. The van der Waals surface area contributed by atoms with E-state index in [9.17, 15) is 4.79 Å². The summed E-state index contributed by atoms with van der Waals surface area (Å²) in [5.74, 6) is 0.783. The number of carbonyl (C=O) groups is 1. The zero-order valence-electron chi connectivity index (χ0n) is 11.2. The zero-order valence-corrected chi connectivity index (χ0v) is 11.2. The topological polar surface area (TPSA) is 52.9 Å². The lowest BCUT2D eigenvalue weighted by molar-refractivity contribution is -0.116. The Bertz CT molecular complexity index is 470. The summed E-state index contributed by atoms with van der Waals surface area (Å²) < 4.78 is 0. The monoisotopic (exact) mass is 256 g/mol. The van der Waals surface area contributed by atoms with Gasteiger partial charge < -0.3 is 5.32 Å². The Kier molecular flexibility index (Phi) is 4.97. The molecule has 19 heavy (non-hydrogen) atoms. The number of hydrogen-bond donors (Lipinski definition) is 1. The minimum Gasteiger partial charge on any atom is -0.326 e. The standard InChI is InChI=1S/C16H20N2O/c17-12-14-7-4-8-15(11-14)18-16(19)10-9-13-5-2-1-3-6-13/h4,7-8,11,13H,1-3,5-6,9-10H2,(H,18,19). The maximum atomic E-state index is 11.9. The summed E-state index contributed by atoms with van der Waals surface area (Å²) in [6, 6.07) is 9.12. The maximum absolute atomic E-state index is 11.9. The number of nitriles is 1. The normalized spacial score (nSPS) is 15.7. The fourth-order valence-corrected chi connectivity index (χ4v) is 2.70. The predicted octanol–water partition coefficient (Wildman–Crippen LogP) is 3.86. The SMILES string of the molecule is N#Cc1cccc(NC(=O)CCC2CCCCC2)c1. The van der Waals surface area contributed by atoms with Crippen LogP contribution in [0.1, 0.15) is 50.5 Å². The van der Waals surface area contributed by atoms with Crippen LogP contribution < -0.4 is 5.32 Å². The quantitative estimate of drug-likeness (QED) is 0.889. The van der Waals surface area contributed by atoms with Gasteiger partial charge >= 0.3 is 0 Å². The van der Waals surface area contributed by atoms with Gasteiger partial charge in [-0.1, -0.05) is 38.2 Å². The summed E-state index contributed by atoms with van der Waals surface area (Å²) in [6.45, 7) is 0. The van der Waals surface area contributed by atoms with Crippen molar-refractivity contribution < 1.29 is 4.79 Å². The third kappa shape index (κ3) is 4.40. The molecule has 1 N–H and O–H groups in total. The van der Waals surface area contributed by atoms with Crippen LogP contribution in [0.3, 0.4) is 0 Å². The van der Waals surface area contributed by atoms with E-state index in [0.29, 0.717) is 17.7 Å². The van der Waals surface area contributed by atoms with Crippen molar-refractivity contribution in [2.24, 2.45) is 5.92 Å². The molecule has 0 aliphatic heterocycles. The van der Waals surface area contributed by atoms with Gasteiger partial charge in [0.25, 0.3) is 0 Å². The molecule has 1 aliphatic rings. The van der Waals surface area contributed by atoms with E-state index < -0.39 is 0 Å². The van der Waals surface area contributed by atoms with Crippen LogP contribution in [0.5, 0.6) is 0 Å². The van der Waals surface area contributed by atoms with Gasteiger partial charge in [-0.05, 0) is 30.5 Å². The molecule has 1 aromatic rings. The van der Waals surface area contributed by atoms with Crippen molar-refractivity contribution in [2.45, 2.75) is 44.9 Å². The van der Waals surface area contributed by atoms with Crippen LogP contribution in [0, 0.1) is 17.2 Å². The Labute approximate surface area is 114 Å². The first-order valence-corrected chi connectivity index (χ1v) is 7.08. The molecule has 0 bridgehead atoms. The molecule has 100 valence electrons. The maximum Gasteiger partial charge on any atom is 0.224 e. The highest BCUT2D eigenvalue weighted by Crippen LogP contribution is 2.27. The van der Waals surface area contributed by atoms with E-state index in [4.69, 9.17) is 5.26 Å². The molecular formula is C16H20N2O. The van der Waals surface area contributed by atoms with Gasteiger partial charge in [0.05, 0.1) is 11.6 Å². The highest BCUT2D eigenvalue weighted by atomic mass is 16.1. The van der Waals surface area contributed by atoms with Crippen LogP contribution in [0.25, 0.3) is 0 Å². The van der Waals surface area contributed by atoms with Crippen LogP contribution in [-0.4, -0.2) is 5.91 Å². The molecule has 1 aromatic carbocycles. The van der Waals surface area contributed by atoms with Gasteiger partial charge in [-0.25, -0.2) is 0 Å². The van der Waals surface area contributed by atoms with Crippen molar-refractivity contribution in [2.75, 3.05) is 5.32 Å². The second kappa shape index (κ2) is 6.94. The molecule has 0 saturated heterocycles. The number of hydrogen-bond acceptors (Lipinski definition) is 2. The number of benzene rings is 1. The Morgan fingerprint density at radius 2 is 2.11 bits per heavy atom. The van der Waals surface area contributed by atoms with Crippen LogP contribution in [0.15, 0.2) is 24.3 Å². The summed E-state index contributed by atoms with van der Waals surface area (Å²) in [5, 5.41) is 11.7. The Morgan fingerprint density at radius 3 is 2.84 bits per heavy atom. The van der Waals surface area contributed by atoms with E-state index in [0.717, 1.165) is 12.3 Å². The molecule has 0 radical (unpaired) electrons. The number of amides is 1. The van der Waals surface area contributed by atoms with Crippen LogP contribution >= 0.6 is 0 Å². The van der Waals surface area contributed by atoms with E-state index in [1.807, 2.05) is 6.07 Å². The van der Waals surface area contributed by atoms with Gasteiger partial charge in [-0.2, -0.15) is 5.26 Å². The lowest BCUT2D eigenvalue weighted by Gasteiger charge is -2.20.